The van der Waals surface area contributed by atoms with Gasteiger partial charge in [0.2, 0.25) is 0 Å². The highest BCUT2D eigenvalue weighted by molar-refractivity contribution is 5.42. The molecule has 1 atom stereocenters. The van der Waals surface area contributed by atoms with Gasteiger partial charge in [-0.15, -0.1) is 0 Å². The molecule has 3 nitrogen and oxygen atoms in total. The van der Waals surface area contributed by atoms with Crippen molar-refractivity contribution in [2.24, 2.45) is 11.7 Å². The van der Waals surface area contributed by atoms with E-state index in [0.29, 0.717) is 5.92 Å². The van der Waals surface area contributed by atoms with Gasteiger partial charge in [0.1, 0.15) is 11.5 Å². The van der Waals surface area contributed by atoms with Crippen LogP contribution < -0.4 is 15.2 Å². The molecule has 1 saturated carbocycles. The lowest BCUT2D eigenvalue weighted by Gasteiger charge is -2.21. The van der Waals surface area contributed by atoms with E-state index in [-0.39, 0.29) is 6.04 Å². The second-order valence-corrected chi connectivity index (χ2v) is 4.68. The third-order valence-electron chi connectivity index (χ3n) is 3.71. The maximum absolute atomic E-state index is 6.35. The fourth-order valence-electron chi connectivity index (χ4n) is 2.66. The Morgan fingerprint density at radius 3 is 2.47 bits per heavy atom. The summed E-state index contributed by atoms with van der Waals surface area (Å²) in [6.45, 7) is 0. The lowest BCUT2D eigenvalue weighted by Crippen LogP contribution is -2.19. The predicted octanol–water partition coefficient (Wildman–Crippen LogP) is 2.89. The van der Waals surface area contributed by atoms with Crippen molar-refractivity contribution in [3.63, 3.8) is 0 Å². The van der Waals surface area contributed by atoms with Crippen molar-refractivity contribution in [3.8, 4) is 11.5 Å². The molecule has 2 rings (SSSR count). The number of rotatable bonds is 4. The third kappa shape index (κ3) is 2.55. The van der Waals surface area contributed by atoms with Crippen LogP contribution >= 0.6 is 0 Å². The molecule has 1 fully saturated rings. The largest absolute Gasteiger partial charge is 0.497 e. The molecule has 1 aromatic rings. The zero-order valence-electron chi connectivity index (χ0n) is 10.6. The number of nitrogens with two attached hydrogens (primary N) is 1. The quantitative estimate of drug-likeness (QED) is 0.872. The summed E-state index contributed by atoms with van der Waals surface area (Å²) in [7, 11) is 3.34. The third-order valence-corrected chi connectivity index (χ3v) is 3.71. The maximum atomic E-state index is 6.35. The summed E-state index contributed by atoms with van der Waals surface area (Å²) < 4.78 is 10.6. The van der Waals surface area contributed by atoms with Crippen molar-refractivity contribution in [1.29, 1.82) is 0 Å². The molecule has 1 aliphatic carbocycles. The minimum absolute atomic E-state index is 0.0818. The molecule has 0 aliphatic heterocycles. The molecule has 0 spiro atoms. The van der Waals surface area contributed by atoms with Gasteiger partial charge >= 0.3 is 0 Å². The first-order valence-electron chi connectivity index (χ1n) is 6.23. The van der Waals surface area contributed by atoms with Gasteiger partial charge in [-0.1, -0.05) is 18.9 Å². The van der Waals surface area contributed by atoms with Crippen molar-refractivity contribution in [2.75, 3.05) is 14.2 Å². The lowest BCUT2D eigenvalue weighted by molar-refractivity contribution is 0.375. The van der Waals surface area contributed by atoms with Gasteiger partial charge in [0.25, 0.3) is 0 Å². The van der Waals surface area contributed by atoms with Crippen molar-refractivity contribution in [1.82, 2.24) is 0 Å². The number of benzene rings is 1. The van der Waals surface area contributed by atoms with Crippen molar-refractivity contribution in [2.45, 2.75) is 31.7 Å². The molecule has 0 saturated heterocycles. The van der Waals surface area contributed by atoms with E-state index < -0.39 is 0 Å². The summed E-state index contributed by atoms with van der Waals surface area (Å²) in [5.74, 6) is 2.24. The summed E-state index contributed by atoms with van der Waals surface area (Å²) in [4.78, 5) is 0. The monoisotopic (exact) mass is 235 g/mol. The summed E-state index contributed by atoms with van der Waals surface area (Å²) in [6, 6.07) is 5.97. The number of methoxy groups -OCH3 is 2. The average molecular weight is 235 g/mol. The normalized spacial score (nSPS) is 18.1. The molecule has 2 N–H and O–H groups in total. The van der Waals surface area contributed by atoms with E-state index >= 15 is 0 Å². The van der Waals surface area contributed by atoms with Crippen LogP contribution in [0.2, 0.25) is 0 Å². The topological polar surface area (TPSA) is 44.5 Å². The average Bonchev–Trinajstić information content (AvgIpc) is 2.91. The van der Waals surface area contributed by atoms with E-state index in [2.05, 4.69) is 0 Å². The highest BCUT2D eigenvalue weighted by Gasteiger charge is 2.25. The van der Waals surface area contributed by atoms with E-state index in [0.717, 1.165) is 17.1 Å². The van der Waals surface area contributed by atoms with Gasteiger partial charge in [0.05, 0.1) is 14.2 Å². The van der Waals surface area contributed by atoms with Crippen molar-refractivity contribution < 1.29 is 9.47 Å². The van der Waals surface area contributed by atoms with Crippen LogP contribution in [0.1, 0.15) is 37.3 Å². The molecular formula is C14H21NO2. The lowest BCUT2D eigenvalue weighted by atomic mass is 9.92. The molecule has 17 heavy (non-hydrogen) atoms. The Bertz CT molecular complexity index is 372. The van der Waals surface area contributed by atoms with Crippen LogP contribution in [0, 0.1) is 5.92 Å². The molecule has 0 radical (unpaired) electrons. The zero-order valence-corrected chi connectivity index (χ0v) is 10.6. The van der Waals surface area contributed by atoms with Crippen LogP contribution in [0.3, 0.4) is 0 Å². The van der Waals surface area contributed by atoms with E-state index in [9.17, 15) is 0 Å². The first-order valence-corrected chi connectivity index (χ1v) is 6.23. The number of ether oxygens (including phenoxy) is 2. The van der Waals surface area contributed by atoms with Gasteiger partial charge in [-0.3, -0.25) is 0 Å². The van der Waals surface area contributed by atoms with E-state index in [1.54, 1.807) is 14.2 Å². The summed E-state index contributed by atoms with van der Waals surface area (Å²) in [6.07, 6.45) is 5.07. The molecule has 0 bridgehead atoms. The van der Waals surface area contributed by atoms with Crippen molar-refractivity contribution >= 4 is 0 Å². The van der Waals surface area contributed by atoms with Crippen LogP contribution in [0.25, 0.3) is 0 Å². The molecule has 0 amide bonds. The molecule has 1 aliphatic rings. The smallest absolute Gasteiger partial charge is 0.127 e. The van der Waals surface area contributed by atoms with Gasteiger partial charge in [-0.25, -0.2) is 0 Å². The number of hydrogen-bond acceptors (Lipinski definition) is 3. The second-order valence-electron chi connectivity index (χ2n) is 4.68. The maximum Gasteiger partial charge on any atom is 0.127 e. The fourth-order valence-corrected chi connectivity index (χ4v) is 2.66. The van der Waals surface area contributed by atoms with Gasteiger partial charge in [-0.2, -0.15) is 0 Å². The van der Waals surface area contributed by atoms with E-state index in [4.69, 9.17) is 15.2 Å². The SMILES string of the molecule is COc1ccc([C@H](N)C2CCCC2)c(OC)c1. The number of hydrogen-bond donors (Lipinski definition) is 1. The molecule has 94 valence electrons. The van der Waals surface area contributed by atoms with E-state index in [1.807, 2.05) is 18.2 Å². The molecular weight excluding hydrogens is 214 g/mol. The van der Waals surface area contributed by atoms with Crippen LogP contribution in [0.4, 0.5) is 0 Å². The Morgan fingerprint density at radius 1 is 1.18 bits per heavy atom. The van der Waals surface area contributed by atoms with Crippen LogP contribution in [0.5, 0.6) is 11.5 Å². The Labute approximate surface area is 103 Å². The molecule has 1 aromatic carbocycles. The minimum atomic E-state index is 0.0818. The second kappa shape index (κ2) is 5.41. The first-order chi connectivity index (χ1) is 8.26. The highest BCUT2D eigenvalue weighted by atomic mass is 16.5. The Balaban J connectivity index is 2.23. The highest BCUT2D eigenvalue weighted by Crippen LogP contribution is 2.38. The summed E-state index contributed by atoms with van der Waals surface area (Å²) in [5.41, 5.74) is 7.44. The van der Waals surface area contributed by atoms with Gasteiger partial charge < -0.3 is 15.2 Å². The molecule has 0 unspecified atom stereocenters. The minimum Gasteiger partial charge on any atom is -0.497 e. The molecule has 0 aromatic heterocycles. The standard InChI is InChI=1S/C14H21NO2/c1-16-11-7-8-12(13(9-11)17-2)14(15)10-5-3-4-6-10/h7-10,14H,3-6,15H2,1-2H3/t14-/m1/s1. The van der Waals surface area contributed by atoms with Crippen LogP contribution in [-0.4, -0.2) is 14.2 Å². The Hall–Kier alpha value is -1.22. The Morgan fingerprint density at radius 2 is 1.88 bits per heavy atom. The summed E-state index contributed by atoms with van der Waals surface area (Å²) >= 11 is 0. The van der Waals surface area contributed by atoms with Gasteiger partial charge in [0.15, 0.2) is 0 Å². The van der Waals surface area contributed by atoms with E-state index in [1.165, 1.54) is 25.7 Å². The van der Waals surface area contributed by atoms with Gasteiger partial charge in [0, 0.05) is 17.7 Å². The molecule has 3 heteroatoms. The Kier molecular flexibility index (Phi) is 3.89. The first kappa shape index (κ1) is 12.2. The van der Waals surface area contributed by atoms with Crippen LogP contribution in [0.15, 0.2) is 18.2 Å². The predicted molar refractivity (Wildman–Crippen MR) is 68.4 cm³/mol. The van der Waals surface area contributed by atoms with Gasteiger partial charge in [-0.05, 0) is 24.8 Å². The fraction of sp³-hybridized carbons (Fsp3) is 0.571. The van der Waals surface area contributed by atoms with Crippen molar-refractivity contribution in [3.05, 3.63) is 23.8 Å². The zero-order chi connectivity index (χ0) is 12.3. The molecule has 0 heterocycles. The summed E-state index contributed by atoms with van der Waals surface area (Å²) in [5, 5.41) is 0. The van der Waals surface area contributed by atoms with Crippen LogP contribution in [-0.2, 0) is 0 Å².